The number of nitrogens with one attached hydrogen (secondary N) is 1. The van der Waals surface area contributed by atoms with Crippen LogP contribution in [0.1, 0.15) is 47.9 Å². The maximum absolute atomic E-state index is 13.0. The van der Waals surface area contributed by atoms with Gasteiger partial charge < -0.3 is 5.32 Å². The zero-order valence-corrected chi connectivity index (χ0v) is 13.8. The fourth-order valence-electron chi connectivity index (χ4n) is 3.31. The third-order valence-corrected chi connectivity index (χ3v) is 4.39. The van der Waals surface area contributed by atoms with Crippen LogP contribution in [-0.4, -0.2) is 25.7 Å². The fraction of sp³-hybridized carbons (Fsp3) is 0.333. The van der Waals surface area contributed by atoms with Gasteiger partial charge in [0, 0.05) is 17.9 Å². The predicted molar refractivity (Wildman–Crippen MR) is 92.1 cm³/mol. The number of aryl methyl sites for hydroxylation is 1. The van der Waals surface area contributed by atoms with E-state index in [0.717, 1.165) is 41.6 Å². The minimum absolute atomic E-state index is 0.137. The molecule has 6 nitrogen and oxygen atoms in total. The van der Waals surface area contributed by atoms with E-state index in [2.05, 4.69) is 29.2 Å². The van der Waals surface area contributed by atoms with E-state index in [1.807, 2.05) is 16.8 Å². The average Bonchev–Trinajstić information content (AvgIpc) is 3.19. The molecule has 0 saturated heterocycles. The third-order valence-electron chi connectivity index (χ3n) is 4.39. The molecule has 122 valence electrons. The van der Waals surface area contributed by atoms with Gasteiger partial charge >= 0.3 is 0 Å². The summed E-state index contributed by atoms with van der Waals surface area (Å²) in [4.78, 5) is 21.9. The molecule has 0 unspecified atom stereocenters. The Bertz CT molecular complexity index is 914. The number of carbonyl (C=O) groups excluding carboxylic acids is 1. The van der Waals surface area contributed by atoms with E-state index >= 15 is 0 Å². The summed E-state index contributed by atoms with van der Waals surface area (Å²) in [6.07, 6.45) is 6.26. The first kappa shape index (κ1) is 14.8. The SMILES string of the molecule is CC(C)n1ncc2c(C(=O)Nc3ccccn3)c3c(nc21)CCC3. The first-order chi connectivity index (χ1) is 11.6. The van der Waals surface area contributed by atoms with Crippen molar-refractivity contribution >= 4 is 22.8 Å². The molecule has 1 aliphatic rings. The van der Waals surface area contributed by atoms with Gasteiger partial charge in [-0.05, 0) is 50.8 Å². The number of amides is 1. The number of nitrogens with zero attached hydrogens (tertiary/aromatic N) is 4. The highest BCUT2D eigenvalue weighted by Crippen LogP contribution is 2.31. The van der Waals surface area contributed by atoms with Gasteiger partial charge in [0.1, 0.15) is 5.82 Å². The first-order valence-corrected chi connectivity index (χ1v) is 8.26. The fourth-order valence-corrected chi connectivity index (χ4v) is 3.31. The highest BCUT2D eigenvalue weighted by Gasteiger charge is 2.26. The molecule has 0 atom stereocenters. The number of hydrogen-bond acceptors (Lipinski definition) is 4. The zero-order valence-electron chi connectivity index (χ0n) is 13.8. The molecule has 24 heavy (non-hydrogen) atoms. The van der Waals surface area contributed by atoms with Crippen molar-refractivity contribution in [1.82, 2.24) is 19.7 Å². The minimum Gasteiger partial charge on any atom is -0.307 e. The van der Waals surface area contributed by atoms with Gasteiger partial charge in [-0.3, -0.25) is 4.79 Å². The second kappa shape index (κ2) is 5.70. The summed E-state index contributed by atoms with van der Waals surface area (Å²) >= 11 is 0. The Hall–Kier alpha value is -2.76. The van der Waals surface area contributed by atoms with Crippen molar-refractivity contribution in [2.24, 2.45) is 0 Å². The lowest BCUT2D eigenvalue weighted by Gasteiger charge is -2.12. The lowest BCUT2D eigenvalue weighted by Crippen LogP contribution is -2.16. The second-order valence-electron chi connectivity index (χ2n) is 6.35. The molecular weight excluding hydrogens is 302 g/mol. The molecule has 0 spiro atoms. The van der Waals surface area contributed by atoms with Crippen molar-refractivity contribution in [3.05, 3.63) is 47.4 Å². The van der Waals surface area contributed by atoms with Gasteiger partial charge in [-0.25, -0.2) is 14.6 Å². The van der Waals surface area contributed by atoms with Gasteiger partial charge in [0.2, 0.25) is 0 Å². The Labute approximate surface area is 139 Å². The molecule has 6 heteroatoms. The molecule has 3 aromatic rings. The summed E-state index contributed by atoms with van der Waals surface area (Å²) in [5.74, 6) is 0.415. The van der Waals surface area contributed by atoms with Crippen LogP contribution < -0.4 is 5.32 Å². The highest BCUT2D eigenvalue weighted by atomic mass is 16.1. The van der Waals surface area contributed by atoms with Crippen LogP contribution in [0.5, 0.6) is 0 Å². The molecule has 1 aliphatic carbocycles. The predicted octanol–water partition coefficient (Wildman–Crippen LogP) is 3.15. The lowest BCUT2D eigenvalue weighted by atomic mass is 10.0. The van der Waals surface area contributed by atoms with Gasteiger partial charge in [0.25, 0.3) is 5.91 Å². The number of hydrogen-bond donors (Lipinski definition) is 1. The molecule has 0 aliphatic heterocycles. The van der Waals surface area contributed by atoms with Crippen LogP contribution in [0.3, 0.4) is 0 Å². The standard InChI is InChI=1S/C18H19N5O/c1-11(2)23-17-13(10-20-23)16(12-6-5-7-14(12)21-17)18(24)22-15-8-3-4-9-19-15/h3-4,8-11H,5-7H2,1-2H3,(H,19,22,24). The van der Waals surface area contributed by atoms with E-state index < -0.39 is 0 Å². The number of aromatic nitrogens is 4. The van der Waals surface area contributed by atoms with Gasteiger partial charge in [0.05, 0.1) is 17.1 Å². The van der Waals surface area contributed by atoms with Crippen molar-refractivity contribution in [2.45, 2.75) is 39.2 Å². The Kier molecular flexibility index (Phi) is 3.52. The Morgan fingerprint density at radius 3 is 2.92 bits per heavy atom. The van der Waals surface area contributed by atoms with Crippen LogP contribution in [0.4, 0.5) is 5.82 Å². The third kappa shape index (κ3) is 2.35. The van der Waals surface area contributed by atoms with E-state index in [0.29, 0.717) is 11.4 Å². The van der Waals surface area contributed by atoms with Crippen molar-refractivity contribution in [3.8, 4) is 0 Å². The van der Waals surface area contributed by atoms with Gasteiger partial charge in [-0.15, -0.1) is 0 Å². The molecule has 0 radical (unpaired) electrons. The summed E-state index contributed by atoms with van der Waals surface area (Å²) in [5, 5.41) is 8.17. The normalized spacial score (nSPS) is 13.5. The van der Waals surface area contributed by atoms with Crippen LogP contribution in [0, 0.1) is 0 Å². The number of pyridine rings is 2. The van der Waals surface area contributed by atoms with Crippen molar-refractivity contribution in [2.75, 3.05) is 5.32 Å². The van der Waals surface area contributed by atoms with E-state index in [-0.39, 0.29) is 11.9 Å². The summed E-state index contributed by atoms with van der Waals surface area (Å²) in [7, 11) is 0. The largest absolute Gasteiger partial charge is 0.307 e. The molecule has 3 heterocycles. The average molecular weight is 321 g/mol. The van der Waals surface area contributed by atoms with Crippen LogP contribution in [0.2, 0.25) is 0 Å². The second-order valence-corrected chi connectivity index (χ2v) is 6.35. The van der Waals surface area contributed by atoms with Crippen LogP contribution in [-0.2, 0) is 12.8 Å². The minimum atomic E-state index is -0.137. The smallest absolute Gasteiger partial charge is 0.257 e. The molecule has 1 N–H and O–H groups in total. The summed E-state index contributed by atoms with van der Waals surface area (Å²) < 4.78 is 1.88. The molecular formula is C18H19N5O. The van der Waals surface area contributed by atoms with Crippen LogP contribution >= 0.6 is 0 Å². The van der Waals surface area contributed by atoms with Crippen molar-refractivity contribution < 1.29 is 4.79 Å². The number of fused-ring (bicyclic) bond motifs is 2. The summed E-state index contributed by atoms with van der Waals surface area (Å²) in [6.45, 7) is 4.13. The van der Waals surface area contributed by atoms with E-state index in [1.54, 1.807) is 18.5 Å². The Balaban J connectivity index is 1.86. The summed E-state index contributed by atoms with van der Waals surface area (Å²) in [6, 6.07) is 5.66. The molecule has 4 rings (SSSR count). The topological polar surface area (TPSA) is 72.7 Å². The lowest BCUT2D eigenvalue weighted by molar-refractivity contribution is 0.102. The van der Waals surface area contributed by atoms with Crippen molar-refractivity contribution in [3.63, 3.8) is 0 Å². The van der Waals surface area contributed by atoms with Crippen molar-refractivity contribution in [1.29, 1.82) is 0 Å². The van der Waals surface area contributed by atoms with E-state index in [4.69, 9.17) is 4.98 Å². The summed E-state index contributed by atoms with van der Waals surface area (Å²) in [5.41, 5.74) is 3.57. The van der Waals surface area contributed by atoms with E-state index in [9.17, 15) is 4.79 Å². The molecule has 0 aromatic carbocycles. The van der Waals surface area contributed by atoms with Gasteiger partial charge in [0.15, 0.2) is 5.65 Å². The molecule has 0 bridgehead atoms. The quantitative estimate of drug-likeness (QED) is 0.804. The molecule has 3 aromatic heterocycles. The maximum atomic E-state index is 13.0. The molecule has 1 amide bonds. The number of carbonyl (C=O) groups is 1. The zero-order chi connectivity index (χ0) is 16.7. The first-order valence-electron chi connectivity index (χ1n) is 8.26. The maximum Gasteiger partial charge on any atom is 0.257 e. The van der Waals surface area contributed by atoms with Gasteiger partial charge in [-0.2, -0.15) is 5.10 Å². The van der Waals surface area contributed by atoms with Crippen LogP contribution in [0.25, 0.3) is 11.0 Å². The van der Waals surface area contributed by atoms with Crippen LogP contribution in [0.15, 0.2) is 30.6 Å². The highest BCUT2D eigenvalue weighted by molar-refractivity contribution is 6.13. The monoisotopic (exact) mass is 321 g/mol. The number of rotatable bonds is 3. The Morgan fingerprint density at radius 2 is 2.17 bits per heavy atom. The molecule has 0 fully saturated rings. The van der Waals surface area contributed by atoms with E-state index in [1.165, 1.54) is 0 Å². The Morgan fingerprint density at radius 1 is 1.29 bits per heavy atom. The van der Waals surface area contributed by atoms with Gasteiger partial charge in [-0.1, -0.05) is 6.07 Å². The molecule has 0 saturated carbocycles. The number of anilines is 1.